The van der Waals surface area contributed by atoms with Gasteiger partial charge in [0.15, 0.2) is 0 Å². The lowest BCUT2D eigenvalue weighted by Gasteiger charge is -2.42. The first kappa shape index (κ1) is 20.6. The first-order valence-electron chi connectivity index (χ1n) is 9.53. The molecule has 0 saturated heterocycles. The number of rotatable bonds is 4. The second-order valence-corrected chi connectivity index (χ2v) is 10.8. The molecule has 150 valence electrons. The van der Waals surface area contributed by atoms with Crippen LogP contribution in [0.4, 0.5) is 0 Å². The summed E-state index contributed by atoms with van der Waals surface area (Å²) in [5.74, 6) is -0.352. The number of esters is 1. The Morgan fingerprint density at radius 1 is 0.893 bits per heavy atom. The Kier molecular flexibility index (Phi) is 5.17. The van der Waals surface area contributed by atoms with Gasteiger partial charge in [-0.1, -0.05) is 45.9 Å². The fourth-order valence-electron chi connectivity index (χ4n) is 3.90. The summed E-state index contributed by atoms with van der Waals surface area (Å²) in [4.78, 5) is 11.9. The van der Waals surface area contributed by atoms with Crippen molar-refractivity contribution in [1.29, 1.82) is 0 Å². The SMILES string of the molecule is COC(=O)Cc1ccc(S(=O)(=O)c2ccc3c(c2)C(C)(C)CCC3(C)C)cc1. The van der Waals surface area contributed by atoms with E-state index in [4.69, 9.17) is 0 Å². The molecule has 0 spiro atoms. The van der Waals surface area contributed by atoms with Crippen molar-refractivity contribution in [3.8, 4) is 0 Å². The number of sulfone groups is 1. The van der Waals surface area contributed by atoms with Crippen molar-refractivity contribution in [2.75, 3.05) is 7.11 Å². The highest BCUT2D eigenvalue weighted by Crippen LogP contribution is 2.46. The van der Waals surface area contributed by atoms with Crippen LogP contribution in [0.25, 0.3) is 0 Å². The molecule has 1 aliphatic carbocycles. The van der Waals surface area contributed by atoms with Crippen molar-refractivity contribution >= 4 is 15.8 Å². The van der Waals surface area contributed by atoms with E-state index in [0.29, 0.717) is 4.90 Å². The quantitative estimate of drug-likeness (QED) is 0.705. The van der Waals surface area contributed by atoms with Crippen LogP contribution in [0.15, 0.2) is 52.3 Å². The van der Waals surface area contributed by atoms with Gasteiger partial charge in [0.2, 0.25) is 9.84 Å². The summed E-state index contributed by atoms with van der Waals surface area (Å²) < 4.78 is 31.0. The molecule has 2 aromatic carbocycles. The van der Waals surface area contributed by atoms with E-state index in [1.54, 1.807) is 30.3 Å². The molecule has 5 heteroatoms. The predicted octanol–water partition coefficient (Wildman–Crippen LogP) is 4.58. The average molecular weight is 401 g/mol. The molecule has 0 radical (unpaired) electrons. The maximum Gasteiger partial charge on any atom is 0.309 e. The molecular formula is C23H28O4S. The lowest BCUT2D eigenvalue weighted by molar-refractivity contribution is -0.139. The minimum atomic E-state index is -3.63. The minimum Gasteiger partial charge on any atom is -0.469 e. The monoisotopic (exact) mass is 400 g/mol. The number of benzene rings is 2. The fraction of sp³-hybridized carbons (Fsp3) is 0.435. The summed E-state index contributed by atoms with van der Waals surface area (Å²) in [6.07, 6.45) is 2.23. The van der Waals surface area contributed by atoms with E-state index >= 15 is 0 Å². The Hall–Kier alpha value is -2.14. The van der Waals surface area contributed by atoms with E-state index < -0.39 is 9.84 Å². The van der Waals surface area contributed by atoms with Crippen LogP contribution in [0.1, 0.15) is 57.2 Å². The molecule has 0 unspecified atom stereocenters. The van der Waals surface area contributed by atoms with Gasteiger partial charge >= 0.3 is 5.97 Å². The van der Waals surface area contributed by atoms with Crippen molar-refractivity contribution in [3.05, 3.63) is 59.2 Å². The van der Waals surface area contributed by atoms with Gasteiger partial charge in [-0.15, -0.1) is 0 Å². The van der Waals surface area contributed by atoms with E-state index in [1.807, 2.05) is 12.1 Å². The van der Waals surface area contributed by atoms with Crippen LogP contribution < -0.4 is 0 Å². The van der Waals surface area contributed by atoms with Crippen LogP contribution in [0, 0.1) is 0 Å². The lowest BCUT2D eigenvalue weighted by atomic mass is 9.63. The smallest absolute Gasteiger partial charge is 0.309 e. The number of fused-ring (bicyclic) bond motifs is 1. The van der Waals surface area contributed by atoms with Gasteiger partial charge in [-0.05, 0) is 64.6 Å². The molecule has 4 nitrogen and oxygen atoms in total. The van der Waals surface area contributed by atoms with Gasteiger partial charge in [-0.3, -0.25) is 4.79 Å². The molecule has 3 rings (SSSR count). The Balaban J connectivity index is 2.00. The van der Waals surface area contributed by atoms with Crippen molar-refractivity contribution < 1.29 is 17.9 Å². The molecule has 0 N–H and O–H groups in total. The average Bonchev–Trinajstić information content (AvgIpc) is 2.65. The first-order valence-corrected chi connectivity index (χ1v) is 11.0. The van der Waals surface area contributed by atoms with Gasteiger partial charge < -0.3 is 4.74 Å². The summed E-state index contributed by atoms with van der Waals surface area (Å²) in [6.45, 7) is 8.79. The van der Waals surface area contributed by atoms with Crippen LogP contribution in [0.2, 0.25) is 0 Å². The molecule has 28 heavy (non-hydrogen) atoms. The largest absolute Gasteiger partial charge is 0.469 e. The molecule has 0 amide bonds. The van der Waals surface area contributed by atoms with Crippen molar-refractivity contribution in [2.24, 2.45) is 0 Å². The van der Waals surface area contributed by atoms with E-state index in [9.17, 15) is 13.2 Å². The summed E-state index contributed by atoms with van der Waals surface area (Å²) in [5, 5.41) is 0. The zero-order valence-electron chi connectivity index (χ0n) is 17.2. The third-order valence-corrected chi connectivity index (χ3v) is 7.71. The van der Waals surface area contributed by atoms with E-state index in [-0.39, 0.29) is 28.1 Å². The molecule has 0 aromatic heterocycles. The number of carbonyl (C=O) groups excluding carboxylic acids is 1. The van der Waals surface area contributed by atoms with Crippen LogP contribution in [0.3, 0.4) is 0 Å². The minimum absolute atomic E-state index is 0.0443. The topological polar surface area (TPSA) is 60.4 Å². The van der Waals surface area contributed by atoms with Crippen LogP contribution in [-0.2, 0) is 36.6 Å². The third kappa shape index (κ3) is 3.72. The first-order chi connectivity index (χ1) is 13.0. The fourth-order valence-corrected chi connectivity index (χ4v) is 5.18. The predicted molar refractivity (Wildman–Crippen MR) is 109 cm³/mol. The summed E-state index contributed by atoms with van der Waals surface area (Å²) in [5.41, 5.74) is 3.06. The highest BCUT2D eigenvalue weighted by molar-refractivity contribution is 7.91. The van der Waals surface area contributed by atoms with Gasteiger partial charge in [0.25, 0.3) is 0 Å². The highest BCUT2D eigenvalue weighted by atomic mass is 32.2. The van der Waals surface area contributed by atoms with Crippen LogP contribution in [0.5, 0.6) is 0 Å². The third-order valence-electron chi connectivity index (χ3n) is 5.94. The Labute approximate surface area is 167 Å². The maximum absolute atomic E-state index is 13.2. The zero-order chi connectivity index (χ0) is 20.7. The molecule has 0 bridgehead atoms. The molecule has 0 heterocycles. The van der Waals surface area contributed by atoms with E-state index in [2.05, 4.69) is 32.4 Å². The standard InChI is InChI=1S/C23H28O4S/c1-22(2)12-13-23(3,4)20-15-18(10-11-19(20)22)28(25,26)17-8-6-16(7-9-17)14-21(24)27-5/h6-11,15H,12-14H2,1-5H3. The second-order valence-electron chi connectivity index (χ2n) is 8.88. The molecule has 1 aliphatic rings. The maximum atomic E-state index is 13.2. The van der Waals surface area contributed by atoms with Crippen molar-refractivity contribution in [3.63, 3.8) is 0 Å². The Morgan fingerprint density at radius 2 is 1.43 bits per heavy atom. The van der Waals surface area contributed by atoms with Gasteiger partial charge in [0, 0.05) is 0 Å². The van der Waals surface area contributed by atoms with Gasteiger partial charge in [0.05, 0.1) is 23.3 Å². The zero-order valence-corrected chi connectivity index (χ0v) is 18.0. The van der Waals surface area contributed by atoms with E-state index in [0.717, 1.165) is 24.0 Å². The van der Waals surface area contributed by atoms with Crippen LogP contribution >= 0.6 is 0 Å². The Morgan fingerprint density at radius 3 is 2.00 bits per heavy atom. The normalized spacial score (nSPS) is 17.6. The van der Waals surface area contributed by atoms with E-state index in [1.165, 1.54) is 12.7 Å². The number of ether oxygens (including phenoxy) is 1. The number of hydrogen-bond donors (Lipinski definition) is 0. The summed E-state index contributed by atoms with van der Waals surface area (Å²) >= 11 is 0. The van der Waals surface area contributed by atoms with Crippen molar-refractivity contribution in [2.45, 2.75) is 67.6 Å². The second kappa shape index (κ2) is 7.03. The molecular weight excluding hydrogens is 372 g/mol. The van der Waals surface area contributed by atoms with Gasteiger partial charge in [-0.25, -0.2) is 8.42 Å². The molecule has 0 fully saturated rings. The lowest BCUT2D eigenvalue weighted by Crippen LogP contribution is -2.34. The Bertz CT molecular complexity index is 999. The van der Waals surface area contributed by atoms with Crippen LogP contribution in [-0.4, -0.2) is 21.5 Å². The summed E-state index contributed by atoms with van der Waals surface area (Å²) in [6, 6.07) is 12.0. The highest BCUT2D eigenvalue weighted by Gasteiger charge is 2.37. The molecule has 0 atom stereocenters. The summed E-state index contributed by atoms with van der Waals surface area (Å²) in [7, 11) is -2.29. The van der Waals surface area contributed by atoms with Gasteiger partial charge in [0.1, 0.15) is 0 Å². The molecule has 0 aliphatic heterocycles. The number of carbonyl (C=O) groups is 1. The molecule has 0 saturated carbocycles. The van der Waals surface area contributed by atoms with Crippen molar-refractivity contribution in [1.82, 2.24) is 0 Å². The van der Waals surface area contributed by atoms with Gasteiger partial charge in [-0.2, -0.15) is 0 Å². The number of hydrogen-bond acceptors (Lipinski definition) is 4. The molecule has 2 aromatic rings. The number of methoxy groups -OCH3 is 1.